The number of unbranched alkanes of at least 4 members (excludes halogenated alkanes) is 1. The van der Waals surface area contributed by atoms with Crippen LogP contribution in [0.25, 0.3) is 21.9 Å². The minimum atomic E-state index is -0.282. The fraction of sp³-hybridized carbons (Fsp3) is 0.368. The number of nitrogens with zero attached hydrogens (tertiary/aromatic N) is 1. The van der Waals surface area contributed by atoms with E-state index in [1.165, 1.54) is 0 Å². The molecule has 0 spiro atoms. The van der Waals surface area contributed by atoms with Gasteiger partial charge in [0.05, 0.1) is 5.39 Å². The molecule has 3 aromatic rings. The molecule has 3 rings (SSSR count). The molecule has 5 heteroatoms. The normalized spacial score (nSPS) is 12.4. The number of fused-ring (bicyclic) bond motifs is 3. The Labute approximate surface area is 139 Å². The lowest BCUT2D eigenvalue weighted by Crippen LogP contribution is -2.10. The highest BCUT2D eigenvalue weighted by atomic mass is 16.4. The highest BCUT2D eigenvalue weighted by molar-refractivity contribution is 6.10. The SMILES string of the molecule is CCCCc1c(C)c2ccc3oc(/C(C)=N\O)c(C)c3c2oc1=O. The van der Waals surface area contributed by atoms with Gasteiger partial charge in [-0.05, 0) is 51.3 Å². The summed E-state index contributed by atoms with van der Waals surface area (Å²) in [5, 5.41) is 13.9. The van der Waals surface area contributed by atoms with Gasteiger partial charge in [-0.2, -0.15) is 0 Å². The Morgan fingerprint density at radius 2 is 1.96 bits per heavy atom. The van der Waals surface area contributed by atoms with Crippen molar-refractivity contribution < 1.29 is 14.0 Å². The lowest BCUT2D eigenvalue weighted by molar-refractivity contribution is 0.318. The maximum atomic E-state index is 12.5. The van der Waals surface area contributed by atoms with Crippen LogP contribution in [0.4, 0.5) is 0 Å². The smallest absolute Gasteiger partial charge is 0.339 e. The van der Waals surface area contributed by atoms with Gasteiger partial charge in [0.1, 0.15) is 16.9 Å². The predicted molar refractivity (Wildman–Crippen MR) is 94.3 cm³/mol. The molecule has 0 unspecified atom stereocenters. The van der Waals surface area contributed by atoms with E-state index in [1.54, 1.807) is 6.92 Å². The third-order valence-electron chi connectivity index (χ3n) is 4.60. The van der Waals surface area contributed by atoms with Gasteiger partial charge in [0.15, 0.2) is 5.76 Å². The van der Waals surface area contributed by atoms with Gasteiger partial charge >= 0.3 is 5.63 Å². The molecule has 2 heterocycles. The number of aryl methyl sites for hydroxylation is 2. The Morgan fingerprint density at radius 3 is 2.62 bits per heavy atom. The van der Waals surface area contributed by atoms with Crippen molar-refractivity contribution in [3.8, 4) is 0 Å². The van der Waals surface area contributed by atoms with Gasteiger partial charge < -0.3 is 14.0 Å². The molecule has 0 aliphatic rings. The van der Waals surface area contributed by atoms with Crippen molar-refractivity contribution in [2.75, 3.05) is 0 Å². The van der Waals surface area contributed by atoms with Gasteiger partial charge in [-0.3, -0.25) is 0 Å². The van der Waals surface area contributed by atoms with Crippen LogP contribution in [0.1, 0.15) is 49.1 Å². The molecule has 0 saturated carbocycles. The Morgan fingerprint density at radius 1 is 1.21 bits per heavy atom. The number of hydrogen-bond acceptors (Lipinski definition) is 5. The van der Waals surface area contributed by atoms with Crippen LogP contribution in [-0.2, 0) is 6.42 Å². The van der Waals surface area contributed by atoms with Crippen LogP contribution in [0.3, 0.4) is 0 Å². The number of oxime groups is 1. The fourth-order valence-electron chi connectivity index (χ4n) is 3.21. The average Bonchev–Trinajstić information content (AvgIpc) is 2.91. The molecule has 0 saturated heterocycles. The van der Waals surface area contributed by atoms with Crippen molar-refractivity contribution in [2.24, 2.45) is 5.16 Å². The molecule has 0 amide bonds. The number of furan rings is 1. The molecule has 0 bridgehead atoms. The van der Waals surface area contributed by atoms with Crippen LogP contribution in [-0.4, -0.2) is 10.9 Å². The van der Waals surface area contributed by atoms with E-state index in [2.05, 4.69) is 12.1 Å². The van der Waals surface area contributed by atoms with Crippen LogP contribution >= 0.6 is 0 Å². The minimum Gasteiger partial charge on any atom is -0.454 e. The van der Waals surface area contributed by atoms with E-state index in [0.29, 0.717) is 22.6 Å². The number of hydrogen-bond donors (Lipinski definition) is 1. The number of rotatable bonds is 4. The summed E-state index contributed by atoms with van der Waals surface area (Å²) < 4.78 is 11.5. The first-order valence-electron chi connectivity index (χ1n) is 8.17. The fourth-order valence-corrected chi connectivity index (χ4v) is 3.21. The molecule has 5 nitrogen and oxygen atoms in total. The van der Waals surface area contributed by atoms with E-state index in [-0.39, 0.29) is 5.63 Å². The maximum absolute atomic E-state index is 12.5. The molecule has 126 valence electrons. The summed E-state index contributed by atoms with van der Waals surface area (Å²) in [5.41, 5.74) is 3.76. The van der Waals surface area contributed by atoms with Crippen molar-refractivity contribution in [2.45, 2.75) is 47.0 Å². The first-order chi connectivity index (χ1) is 11.5. The molecule has 0 aliphatic carbocycles. The standard InChI is InChI=1S/C19H21NO4/c1-5-6-7-14-10(2)13-8-9-15-16(18(13)24-19(14)21)11(3)17(23-15)12(4)20-22/h8-9,22H,5-7H2,1-4H3/b20-12-. The van der Waals surface area contributed by atoms with Gasteiger partial charge in [-0.1, -0.05) is 18.5 Å². The lowest BCUT2D eigenvalue weighted by Gasteiger charge is -2.08. The average molecular weight is 327 g/mol. The summed E-state index contributed by atoms with van der Waals surface area (Å²) in [6, 6.07) is 3.79. The third-order valence-corrected chi connectivity index (χ3v) is 4.60. The maximum Gasteiger partial charge on any atom is 0.339 e. The van der Waals surface area contributed by atoms with Crippen LogP contribution in [0.2, 0.25) is 0 Å². The van der Waals surface area contributed by atoms with E-state index in [9.17, 15) is 4.79 Å². The lowest BCUT2D eigenvalue weighted by atomic mass is 9.99. The predicted octanol–water partition coefficient (Wildman–Crippen LogP) is 4.70. The zero-order valence-electron chi connectivity index (χ0n) is 14.4. The minimum absolute atomic E-state index is 0.282. The molecule has 0 radical (unpaired) electrons. The van der Waals surface area contributed by atoms with Crippen LogP contribution < -0.4 is 5.63 Å². The highest BCUT2D eigenvalue weighted by Gasteiger charge is 2.20. The van der Waals surface area contributed by atoms with Gasteiger partial charge in [-0.15, -0.1) is 0 Å². The third kappa shape index (κ3) is 2.40. The second kappa shape index (κ2) is 6.15. The summed E-state index contributed by atoms with van der Waals surface area (Å²) in [4.78, 5) is 12.5. The quantitative estimate of drug-likeness (QED) is 0.326. The van der Waals surface area contributed by atoms with Gasteiger partial charge in [0.2, 0.25) is 0 Å². The highest BCUT2D eigenvalue weighted by Crippen LogP contribution is 2.34. The van der Waals surface area contributed by atoms with Crippen LogP contribution in [0, 0.1) is 13.8 Å². The molecule has 1 aromatic carbocycles. The first-order valence-corrected chi connectivity index (χ1v) is 8.17. The van der Waals surface area contributed by atoms with Crippen molar-refractivity contribution in [1.29, 1.82) is 0 Å². The van der Waals surface area contributed by atoms with Crippen molar-refractivity contribution >= 4 is 27.7 Å². The molecular formula is C19H21NO4. The molecule has 24 heavy (non-hydrogen) atoms. The van der Waals surface area contributed by atoms with E-state index >= 15 is 0 Å². The largest absolute Gasteiger partial charge is 0.454 e. The molecule has 1 N–H and O–H groups in total. The van der Waals surface area contributed by atoms with Gasteiger partial charge in [0, 0.05) is 16.5 Å². The molecule has 0 aliphatic heterocycles. The van der Waals surface area contributed by atoms with Crippen LogP contribution in [0.5, 0.6) is 0 Å². The molecule has 2 aromatic heterocycles. The monoisotopic (exact) mass is 327 g/mol. The topological polar surface area (TPSA) is 75.9 Å². The van der Waals surface area contributed by atoms with E-state index in [1.807, 2.05) is 26.0 Å². The van der Waals surface area contributed by atoms with Gasteiger partial charge in [-0.25, -0.2) is 4.79 Å². The molecule has 0 atom stereocenters. The van der Waals surface area contributed by atoms with Crippen LogP contribution in [0.15, 0.2) is 30.9 Å². The Hall–Kier alpha value is -2.56. The Bertz CT molecular complexity index is 1010. The van der Waals surface area contributed by atoms with E-state index < -0.39 is 0 Å². The van der Waals surface area contributed by atoms with Crippen molar-refractivity contribution in [3.63, 3.8) is 0 Å². The van der Waals surface area contributed by atoms with Crippen molar-refractivity contribution in [3.05, 3.63) is 45.0 Å². The summed E-state index contributed by atoms with van der Waals surface area (Å²) in [7, 11) is 0. The van der Waals surface area contributed by atoms with Gasteiger partial charge in [0.25, 0.3) is 0 Å². The summed E-state index contributed by atoms with van der Waals surface area (Å²) >= 11 is 0. The first kappa shape index (κ1) is 16.3. The molecule has 0 fully saturated rings. The van der Waals surface area contributed by atoms with Crippen molar-refractivity contribution in [1.82, 2.24) is 0 Å². The Balaban J connectivity index is 2.36. The number of benzene rings is 1. The van der Waals surface area contributed by atoms with E-state index in [4.69, 9.17) is 14.0 Å². The Kier molecular flexibility index (Phi) is 4.18. The summed E-state index contributed by atoms with van der Waals surface area (Å²) in [6.45, 7) is 7.60. The zero-order chi connectivity index (χ0) is 17.4. The molecular weight excluding hydrogens is 306 g/mol. The zero-order valence-corrected chi connectivity index (χ0v) is 14.4. The summed E-state index contributed by atoms with van der Waals surface area (Å²) in [5.74, 6) is 0.496. The second-order valence-electron chi connectivity index (χ2n) is 6.15. The second-order valence-corrected chi connectivity index (χ2v) is 6.15. The summed E-state index contributed by atoms with van der Waals surface area (Å²) in [6.07, 6.45) is 2.71. The van der Waals surface area contributed by atoms with E-state index in [0.717, 1.165) is 46.7 Å².